The third-order valence-corrected chi connectivity index (χ3v) is 3.10. The van der Waals surface area contributed by atoms with Gasteiger partial charge in [0.1, 0.15) is 0 Å². The van der Waals surface area contributed by atoms with E-state index in [4.69, 9.17) is 4.74 Å². The molecule has 1 aliphatic rings. The van der Waals surface area contributed by atoms with Crippen LogP contribution >= 0.6 is 0 Å². The Morgan fingerprint density at radius 3 is 2.59 bits per heavy atom. The van der Waals surface area contributed by atoms with Crippen molar-refractivity contribution < 1.29 is 14.3 Å². The molecule has 1 aromatic heterocycles. The number of ketones is 1. The average Bonchev–Trinajstić information content (AvgIpc) is 3.05. The number of hydrogen-bond acceptors (Lipinski definition) is 3. The highest BCUT2D eigenvalue weighted by atomic mass is 16.5. The van der Waals surface area contributed by atoms with Gasteiger partial charge in [0.2, 0.25) is 0 Å². The standard InChI is InChI=1S/C13H17NO3/c1-4-17-13(16)12(15)11-7-8(2)14(9(11)3)10-5-6-10/h7,10H,4-6H2,1-3H3. The number of Topliss-reactive ketones (excluding diaryl/α,β-unsaturated/α-hetero) is 1. The number of hydrogen-bond donors (Lipinski definition) is 0. The van der Waals surface area contributed by atoms with E-state index in [2.05, 4.69) is 4.57 Å². The molecule has 2 rings (SSSR count). The van der Waals surface area contributed by atoms with E-state index in [9.17, 15) is 9.59 Å². The van der Waals surface area contributed by atoms with Gasteiger partial charge in [0.15, 0.2) is 0 Å². The van der Waals surface area contributed by atoms with Crippen LogP contribution in [0.1, 0.15) is 47.6 Å². The Hall–Kier alpha value is -1.58. The Kier molecular flexibility index (Phi) is 3.05. The van der Waals surface area contributed by atoms with Crippen LogP contribution in [0.4, 0.5) is 0 Å². The first-order chi connectivity index (χ1) is 8.06. The summed E-state index contributed by atoms with van der Waals surface area (Å²) in [6, 6.07) is 2.30. The van der Waals surface area contributed by atoms with Crippen molar-refractivity contribution in [3.8, 4) is 0 Å². The van der Waals surface area contributed by atoms with E-state index in [-0.39, 0.29) is 6.61 Å². The van der Waals surface area contributed by atoms with Gasteiger partial charge in [-0.3, -0.25) is 4.79 Å². The van der Waals surface area contributed by atoms with E-state index < -0.39 is 11.8 Å². The molecule has 17 heavy (non-hydrogen) atoms. The maximum absolute atomic E-state index is 11.9. The van der Waals surface area contributed by atoms with Crippen LogP contribution in [0, 0.1) is 13.8 Å². The SMILES string of the molecule is CCOC(=O)C(=O)c1cc(C)n(C2CC2)c1C. The average molecular weight is 235 g/mol. The molecule has 0 N–H and O–H groups in total. The molecule has 0 aliphatic heterocycles. The summed E-state index contributed by atoms with van der Waals surface area (Å²) < 4.78 is 6.89. The molecule has 1 heterocycles. The molecule has 0 unspecified atom stereocenters. The monoisotopic (exact) mass is 235 g/mol. The lowest BCUT2D eigenvalue weighted by Crippen LogP contribution is -2.18. The van der Waals surface area contributed by atoms with Crippen molar-refractivity contribution in [2.75, 3.05) is 6.61 Å². The van der Waals surface area contributed by atoms with Crippen LogP contribution < -0.4 is 0 Å². The van der Waals surface area contributed by atoms with Crippen molar-refractivity contribution in [1.82, 2.24) is 4.57 Å². The summed E-state index contributed by atoms with van der Waals surface area (Å²) in [4.78, 5) is 23.3. The summed E-state index contributed by atoms with van der Waals surface area (Å²) in [5.74, 6) is -1.30. The lowest BCUT2D eigenvalue weighted by Gasteiger charge is -2.07. The molecule has 0 bridgehead atoms. The molecule has 4 heteroatoms. The quantitative estimate of drug-likeness (QED) is 0.456. The summed E-state index contributed by atoms with van der Waals surface area (Å²) in [5.41, 5.74) is 2.40. The zero-order valence-electron chi connectivity index (χ0n) is 10.4. The second-order valence-corrected chi connectivity index (χ2v) is 4.44. The molecule has 0 radical (unpaired) electrons. The first-order valence-electron chi connectivity index (χ1n) is 5.96. The maximum atomic E-state index is 11.9. The number of aryl methyl sites for hydroxylation is 1. The van der Waals surface area contributed by atoms with Crippen LogP contribution in [0.2, 0.25) is 0 Å². The Morgan fingerprint density at radius 2 is 2.06 bits per heavy atom. The summed E-state index contributed by atoms with van der Waals surface area (Å²) >= 11 is 0. The van der Waals surface area contributed by atoms with Crippen molar-refractivity contribution in [3.05, 3.63) is 23.0 Å². The Balaban J connectivity index is 2.30. The molecule has 1 saturated carbocycles. The van der Waals surface area contributed by atoms with Gasteiger partial charge in [0.25, 0.3) is 5.78 Å². The number of nitrogens with zero attached hydrogens (tertiary/aromatic N) is 1. The van der Waals surface area contributed by atoms with E-state index in [0.717, 1.165) is 24.2 Å². The minimum Gasteiger partial charge on any atom is -0.460 e. The molecule has 0 atom stereocenters. The van der Waals surface area contributed by atoms with Crippen LogP contribution in [-0.4, -0.2) is 22.9 Å². The fourth-order valence-electron chi connectivity index (χ4n) is 2.21. The van der Waals surface area contributed by atoms with Crippen LogP contribution in [0.3, 0.4) is 0 Å². The zero-order valence-corrected chi connectivity index (χ0v) is 10.4. The summed E-state index contributed by atoms with van der Waals surface area (Å²) in [7, 11) is 0. The van der Waals surface area contributed by atoms with E-state index in [1.165, 1.54) is 0 Å². The Labute approximate surface area is 101 Å². The molecule has 1 aliphatic carbocycles. The Bertz CT molecular complexity index is 469. The molecule has 0 saturated heterocycles. The first kappa shape index (κ1) is 11.9. The number of ether oxygens (including phenoxy) is 1. The first-order valence-corrected chi connectivity index (χ1v) is 5.96. The fraction of sp³-hybridized carbons (Fsp3) is 0.538. The van der Waals surface area contributed by atoms with Crippen molar-refractivity contribution in [2.24, 2.45) is 0 Å². The minimum atomic E-state index is -0.761. The molecule has 92 valence electrons. The molecular formula is C13H17NO3. The maximum Gasteiger partial charge on any atom is 0.379 e. The second kappa shape index (κ2) is 4.35. The van der Waals surface area contributed by atoms with Crippen molar-refractivity contribution in [2.45, 2.75) is 39.7 Å². The Morgan fingerprint density at radius 1 is 1.41 bits per heavy atom. The van der Waals surface area contributed by atoms with Gasteiger partial charge in [-0.05, 0) is 39.7 Å². The number of carbonyl (C=O) groups is 2. The molecule has 1 aromatic rings. The van der Waals surface area contributed by atoms with E-state index in [1.807, 2.05) is 13.8 Å². The van der Waals surface area contributed by atoms with Crippen LogP contribution in [0.25, 0.3) is 0 Å². The van der Waals surface area contributed by atoms with Gasteiger partial charge in [-0.1, -0.05) is 0 Å². The highest BCUT2D eigenvalue weighted by molar-refractivity contribution is 6.41. The molecule has 0 aromatic carbocycles. The third kappa shape index (κ3) is 2.12. The highest BCUT2D eigenvalue weighted by Gasteiger charge is 2.30. The molecular weight excluding hydrogens is 218 g/mol. The van der Waals surface area contributed by atoms with Crippen molar-refractivity contribution in [3.63, 3.8) is 0 Å². The van der Waals surface area contributed by atoms with Crippen LogP contribution in [0.5, 0.6) is 0 Å². The van der Waals surface area contributed by atoms with Gasteiger partial charge in [0.05, 0.1) is 12.2 Å². The second-order valence-electron chi connectivity index (χ2n) is 4.44. The molecule has 0 spiro atoms. The van der Waals surface area contributed by atoms with Gasteiger partial charge >= 0.3 is 5.97 Å². The van der Waals surface area contributed by atoms with Gasteiger partial charge in [-0.2, -0.15) is 0 Å². The smallest absolute Gasteiger partial charge is 0.379 e. The van der Waals surface area contributed by atoms with Crippen molar-refractivity contribution >= 4 is 11.8 Å². The van der Waals surface area contributed by atoms with E-state index in [1.54, 1.807) is 13.0 Å². The lowest BCUT2D eigenvalue weighted by atomic mass is 10.1. The van der Waals surface area contributed by atoms with Crippen LogP contribution in [0.15, 0.2) is 6.07 Å². The molecule has 4 nitrogen and oxygen atoms in total. The number of aromatic nitrogens is 1. The third-order valence-electron chi connectivity index (χ3n) is 3.10. The topological polar surface area (TPSA) is 48.3 Å². The van der Waals surface area contributed by atoms with Crippen molar-refractivity contribution in [1.29, 1.82) is 0 Å². The largest absolute Gasteiger partial charge is 0.460 e. The van der Waals surface area contributed by atoms with E-state index >= 15 is 0 Å². The van der Waals surface area contributed by atoms with Gasteiger partial charge < -0.3 is 9.30 Å². The highest BCUT2D eigenvalue weighted by Crippen LogP contribution is 2.38. The van der Waals surface area contributed by atoms with Gasteiger partial charge in [0, 0.05) is 17.4 Å². The lowest BCUT2D eigenvalue weighted by molar-refractivity contribution is -0.137. The summed E-state index contributed by atoms with van der Waals surface area (Å²) in [6.07, 6.45) is 2.31. The fourth-order valence-corrected chi connectivity index (χ4v) is 2.21. The zero-order chi connectivity index (χ0) is 12.6. The summed E-state index contributed by atoms with van der Waals surface area (Å²) in [6.45, 7) is 5.77. The molecule has 1 fully saturated rings. The van der Waals surface area contributed by atoms with Gasteiger partial charge in [-0.15, -0.1) is 0 Å². The number of carbonyl (C=O) groups excluding carboxylic acids is 2. The minimum absolute atomic E-state index is 0.228. The predicted octanol–water partition coefficient (Wildman–Crippen LogP) is 2.19. The number of rotatable bonds is 4. The normalized spacial score (nSPS) is 14.8. The van der Waals surface area contributed by atoms with Crippen LogP contribution in [-0.2, 0) is 9.53 Å². The van der Waals surface area contributed by atoms with E-state index in [0.29, 0.717) is 11.6 Å². The predicted molar refractivity (Wildman–Crippen MR) is 63.1 cm³/mol. The number of esters is 1. The molecule has 0 amide bonds. The van der Waals surface area contributed by atoms with Gasteiger partial charge in [-0.25, -0.2) is 4.79 Å². The summed E-state index contributed by atoms with van der Waals surface area (Å²) in [5, 5.41) is 0.